The Morgan fingerprint density at radius 3 is 2.74 bits per heavy atom. The minimum absolute atomic E-state index is 0.115. The number of carbonyl (C=O) groups is 1. The van der Waals surface area contributed by atoms with Crippen molar-refractivity contribution < 1.29 is 13.2 Å². The molecule has 0 bridgehead atoms. The van der Waals surface area contributed by atoms with E-state index in [1.54, 1.807) is 6.07 Å². The lowest BCUT2D eigenvalue weighted by molar-refractivity contribution is -0.116. The number of sulfone groups is 1. The molecule has 19 heavy (non-hydrogen) atoms. The third kappa shape index (κ3) is 3.36. The fourth-order valence-electron chi connectivity index (χ4n) is 2.23. The molecule has 0 saturated carbocycles. The number of nitrogens with one attached hydrogen (secondary N) is 1. The van der Waals surface area contributed by atoms with Crippen LogP contribution in [0.2, 0.25) is 0 Å². The van der Waals surface area contributed by atoms with E-state index in [-0.39, 0.29) is 5.75 Å². The highest BCUT2D eigenvalue weighted by Crippen LogP contribution is 2.24. The lowest BCUT2D eigenvalue weighted by Crippen LogP contribution is -2.39. The molecule has 0 spiro atoms. The number of hydrogen-bond acceptors (Lipinski definition) is 3. The monoisotopic (exact) mass is 345 g/mol. The Bertz CT molecular complexity index is 598. The van der Waals surface area contributed by atoms with Crippen molar-refractivity contribution in [2.75, 3.05) is 11.1 Å². The first-order valence-electron chi connectivity index (χ1n) is 6.19. The largest absolute Gasteiger partial charge is 0.325 e. The zero-order chi connectivity index (χ0) is 14.0. The first-order chi connectivity index (χ1) is 8.90. The summed E-state index contributed by atoms with van der Waals surface area (Å²) in [6.45, 7) is 1.87. The first kappa shape index (κ1) is 14.5. The summed E-state index contributed by atoms with van der Waals surface area (Å²) in [6, 6.07) is 5.47. The Morgan fingerprint density at radius 1 is 1.37 bits per heavy atom. The van der Waals surface area contributed by atoms with Gasteiger partial charge in [-0.3, -0.25) is 4.79 Å². The van der Waals surface area contributed by atoms with Gasteiger partial charge in [0.25, 0.3) is 0 Å². The molecule has 4 nitrogen and oxygen atoms in total. The molecule has 104 valence electrons. The van der Waals surface area contributed by atoms with E-state index in [2.05, 4.69) is 21.2 Å². The van der Waals surface area contributed by atoms with Crippen molar-refractivity contribution in [3.8, 4) is 0 Å². The standard InChI is InChI=1S/C13H16BrNO3S/c1-9-8-10(14)5-6-11(9)15-13(16)12-4-2-3-7-19(12,17)18/h5-6,8,12H,2-4,7H2,1H3,(H,15,16). The molecule has 0 aliphatic carbocycles. The van der Waals surface area contributed by atoms with Crippen molar-refractivity contribution >= 4 is 37.4 Å². The molecule has 1 fully saturated rings. The van der Waals surface area contributed by atoms with Gasteiger partial charge in [-0.1, -0.05) is 22.4 Å². The van der Waals surface area contributed by atoms with Crippen LogP contribution >= 0.6 is 15.9 Å². The van der Waals surface area contributed by atoms with Crippen molar-refractivity contribution in [2.45, 2.75) is 31.4 Å². The van der Waals surface area contributed by atoms with E-state index in [0.29, 0.717) is 18.5 Å². The molecule has 1 aromatic carbocycles. The highest BCUT2D eigenvalue weighted by molar-refractivity contribution is 9.10. The molecule has 1 N–H and O–H groups in total. The van der Waals surface area contributed by atoms with Crippen LogP contribution < -0.4 is 5.32 Å². The zero-order valence-electron chi connectivity index (χ0n) is 10.6. The summed E-state index contributed by atoms with van der Waals surface area (Å²) in [5.74, 6) is -0.296. The second-order valence-electron chi connectivity index (χ2n) is 4.80. The van der Waals surface area contributed by atoms with Crippen LogP contribution in [-0.2, 0) is 14.6 Å². The van der Waals surface area contributed by atoms with Gasteiger partial charge in [0.1, 0.15) is 5.25 Å². The van der Waals surface area contributed by atoms with Gasteiger partial charge in [0.05, 0.1) is 5.75 Å². The van der Waals surface area contributed by atoms with E-state index >= 15 is 0 Å². The smallest absolute Gasteiger partial charge is 0.242 e. The Hall–Kier alpha value is -0.880. The van der Waals surface area contributed by atoms with Crippen LogP contribution in [-0.4, -0.2) is 25.3 Å². The molecule has 6 heteroatoms. The third-order valence-electron chi connectivity index (χ3n) is 3.32. The quantitative estimate of drug-likeness (QED) is 0.896. The summed E-state index contributed by atoms with van der Waals surface area (Å²) >= 11 is 3.35. The molecule has 0 radical (unpaired) electrons. The van der Waals surface area contributed by atoms with Crippen molar-refractivity contribution in [1.82, 2.24) is 0 Å². The van der Waals surface area contributed by atoms with Gasteiger partial charge in [-0.25, -0.2) is 8.42 Å². The average molecular weight is 346 g/mol. The maximum absolute atomic E-state index is 12.1. The number of carbonyl (C=O) groups excluding carboxylic acids is 1. The van der Waals surface area contributed by atoms with Crippen LogP contribution in [0.15, 0.2) is 22.7 Å². The number of benzene rings is 1. The Kier molecular flexibility index (Phi) is 4.30. The van der Waals surface area contributed by atoms with E-state index in [9.17, 15) is 13.2 Å². The lowest BCUT2D eigenvalue weighted by Gasteiger charge is -2.21. The molecular formula is C13H16BrNO3S. The predicted octanol–water partition coefficient (Wildman–Crippen LogP) is 2.66. The topological polar surface area (TPSA) is 63.2 Å². The van der Waals surface area contributed by atoms with Gasteiger partial charge < -0.3 is 5.32 Å². The summed E-state index contributed by atoms with van der Waals surface area (Å²) in [5.41, 5.74) is 1.56. The SMILES string of the molecule is Cc1cc(Br)ccc1NC(=O)C1CCCCS1(=O)=O. The van der Waals surface area contributed by atoms with Crippen molar-refractivity contribution in [2.24, 2.45) is 0 Å². The lowest BCUT2D eigenvalue weighted by atomic mass is 10.1. The Morgan fingerprint density at radius 2 is 2.11 bits per heavy atom. The molecule has 1 saturated heterocycles. The molecule has 1 aromatic rings. The molecule has 1 amide bonds. The van der Waals surface area contributed by atoms with Crippen LogP contribution in [0.5, 0.6) is 0 Å². The summed E-state index contributed by atoms with van der Waals surface area (Å²) in [6.07, 6.45) is 1.86. The Labute approximate surface area is 121 Å². The van der Waals surface area contributed by atoms with Crippen LogP contribution in [0.25, 0.3) is 0 Å². The highest BCUT2D eigenvalue weighted by Gasteiger charge is 2.34. The summed E-state index contributed by atoms with van der Waals surface area (Å²) < 4.78 is 24.7. The maximum Gasteiger partial charge on any atom is 0.242 e. The van der Waals surface area contributed by atoms with Gasteiger partial charge in [-0.15, -0.1) is 0 Å². The van der Waals surface area contributed by atoms with E-state index in [0.717, 1.165) is 16.5 Å². The second-order valence-corrected chi connectivity index (χ2v) is 8.02. The third-order valence-corrected chi connectivity index (χ3v) is 5.99. The minimum atomic E-state index is -3.29. The van der Waals surface area contributed by atoms with E-state index in [1.807, 2.05) is 19.1 Å². The van der Waals surface area contributed by atoms with Crippen LogP contribution in [0.4, 0.5) is 5.69 Å². The molecule has 0 aromatic heterocycles. The zero-order valence-corrected chi connectivity index (χ0v) is 13.1. The molecule has 1 aliphatic heterocycles. The van der Waals surface area contributed by atoms with Crippen molar-refractivity contribution in [3.05, 3.63) is 28.2 Å². The predicted molar refractivity (Wildman–Crippen MR) is 78.9 cm³/mol. The van der Waals surface area contributed by atoms with E-state index in [4.69, 9.17) is 0 Å². The van der Waals surface area contributed by atoms with Gasteiger partial charge in [-0.2, -0.15) is 0 Å². The fourth-order valence-corrected chi connectivity index (χ4v) is 4.51. The molecule has 1 heterocycles. The molecule has 1 atom stereocenters. The molecule has 1 aliphatic rings. The summed E-state index contributed by atoms with van der Waals surface area (Å²) in [7, 11) is -3.29. The van der Waals surface area contributed by atoms with Gasteiger partial charge in [0, 0.05) is 10.2 Å². The average Bonchev–Trinajstić information content (AvgIpc) is 2.32. The molecule has 1 unspecified atom stereocenters. The van der Waals surface area contributed by atoms with Gasteiger partial charge in [0.15, 0.2) is 9.84 Å². The number of rotatable bonds is 2. The summed E-state index contributed by atoms with van der Waals surface area (Å²) in [5, 5.41) is 1.83. The normalized spacial score (nSPS) is 21.9. The van der Waals surface area contributed by atoms with E-state index in [1.165, 1.54) is 0 Å². The number of hydrogen-bond donors (Lipinski definition) is 1. The number of aryl methyl sites for hydroxylation is 1. The number of amides is 1. The molecule has 2 rings (SSSR count). The number of anilines is 1. The van der Waals surface area contributed by atoms with Crippen LogP contribution in [0.3, 0.4) is 0 Å². The van der Waals surface area contributed by atoms with Gasteiger partial charge in [-0.05, 0) is 43.5 Å². The maximum atomic E-state index is 12.1. The van der Waals surface area contributed by atoms with Gasteiger partial charge >= 0.3 is 0 Å². The van der Waals surface area contributed by atoms with E-state index < -0.39 is 21.0 Å². The van der Waals surface area contributed by atoms with Crippen LogP contribution in [0.1, 0.15) is 24.8 Å². The van der Waals surface area contributed by atoms with Crippen LogP contribution in [0, 0.1) is 6.92 Å². The highest BCUT2D eigenvalue weighted by atomic mass is 79.9. The number of halogens is 1. The van der Waals surface area contributed by atoms with Crippen molar-refractivity contribution in [3.63, 3.8) is 0 Å². The summed E-state index contributed by atoms with van der Waals surface area (Å²) in [4.78, 5) is 12.1. The molecular weight excluding hydrogens is 330 g/mol. The van der Waals surface area contributed by atoms with Gasteiger partial charge in [0.2, 0.25) is 5.91 Å². The second kappa shape index (κ2) is 5.63. The first-order valence-corrected chi connectivity index (χ1v) is 8.69. The van der Waals surface area contributed by atoms with Crippen molar-refractivity contribution in [1.29, 1.82) is 0 Å². The fraction of sp³-hybridized carbons (Fsp3) is 0.462. The Balaban J connectivity index is 2.17. The minimum Gasteiger partial charge on any atom is -0.325 e.